The Balaban J connectivity index is 1.26. The van der Waals surface area contributed by atoms with Crippen molar-refractivity contribution in [1.82, 2.24) is 20.0 Å². The Morgan fingerprint density at radius 1 is 0.960 bits per heavy atom. The van der Waals surface area contributed by atoms with E-state index in [2.05, 4.69) is 50.3 Å². The van der Waals surface area contributed by atoms with E-state index in [1.54, 1.807) is 0 Å². The van der Waals surface area contributed by atoms with Gasteiger partial charge in [-0.05, 0) is 31.4 Å². The van der Waals surface area contributed by atoms with E-state index in [0.717, 1.165) is 52.2 Å². The molecule has 0 aliphatic carbocycles. The van der Waals surface area contributed by atoms with Gasteiger partial charge in [-0.3, -0.25) is 14.6 Å². The SMILES string of the molecule is O=C(CN1CCN(Cc2ccccc2)CC1)N1C2CCNCC1CC2. The van der Waals surface area contributed by atoms with Gasteiger partial charge in [0.05, 0.1) is 6.54 Å². The molecule has 4 rings (SSSR count). The van der Waals surface area contributed by atoms with Crippen molar-refractivity contribution in [3.05, 3.63) is 35.9 Å². The van der Waals surface area contributed by atoms with Crippen molar-refractivity contribution < 1.29 is 4.79 Å². The van der Waals surface area contributed by atoms with Crippen molar-refractivity contribution in [2.75, 3.05) is 45.8 Å². The third-order valence-electron chi connectivity index (χ3n) is 6.01. The van der Waals surface area contributed by atoms with Crippen LogP contribution in [0.2, 0.25) is 0 Å². The van der Waals surface area contributed by atoms with Crippen LogP contribution >= 0.6 is 0 Å². The van der Waals surface area contributed by atoms with Gasteiger partial charge in [-0.15, -0.1) is 0 Å². The van der Waals surface area contributed by atoms with Crippen LogP contribution in [0.3, 0.4) is 0 Å². The maximum atomic E-state index is 12.9. The largest absolute Gasteiger partial charge is 0.334 e. The van der Waals surface area contributed by atoms with E-state index >= 15 is 0 Å². The molecule has 0 aromatic heterocycles. The van der Waals surface area contributed by atoms with Crippen LogP contribution in [0.4, 0.5) is 0 Å². The predicted molar refractivity (Wildman–Crippen MR) is 99.3 cm³/mol. The van der Waals surface area contributed by atoms with Crippen LogP contribution < -0.4 is 5.32 Å². The number of carbonyl (C=O) groups excluding carboxylic acids is 1. The average molecular weight is 342 g/mol. The van der Waals surface area contributed by atoms with Gasteiger partial charge in [0.25, 0.3) is 0 Å². The summed E-state index contributed by atoms with van der Waals surface area (Å²) in [6.45, 7) is 7.76. The van der Waals surface area contributed by atoms with E-state index in [-0.39, 0.29) is 0 Å². The quantitative estimate of drug-likeness (QED) is 0.891. The number of fused-ring (bicyclic) bond motifs is 2. The summed E-state index contributed by atoms with van der Waals surface area (Å²) in [5.41, 5.74) is 1.38. The van der Waals surface area contributed by atoms with Crippen molar-refractivity contribution in [2.24, 2.45) is 0 Å². The Morgan fingerprint density at radius 3 is 2.48 bits per heavy atom. The zero-order valence-corrected chi connectivity index (χ0v) is 15.1. The molecule has 1 aromatic rings. The Bertz CT molecular complexity index is 556. The number of nitrogens with one attached hydrogen (secondary N) is 1. The fourth-order valence-corrected chi connectivity index (χ4v) is 4.61. The molecule has 0 radical (unpaired) electrons. The molecule has 2 bridgehead atoms. The van der Waals surface area contributed by atoms with Crippen molar-refractivity contribution in [3.63, 3.8) is 0 Å². The monoisotopic (exact) mass is 342 g/mol. The van der Waals surface area contributed by atoms with E-state index in [9.17, 15) is 4.79 Å². The fourth-order valence-electron chi connectivity index (χ4n) is 4.61. The van der Waals surface area contributed by atoms with Crippen LogP contribution in [0.15, 0.2) is 30.3 Å². The Labute approximate surface area is 151 Å². The second kappa shape index (κ2) is 7.85. The first kappa shape index (κ1) is 17.0. The maximum Gasteiger partial charge on any atom is 0.237 e. The third kappa shape index (κ3) is 4.05. The lowest BCUT2D eigenvalue weighted by Crippen LogP contribution is -2.52. The highest BCUT2D eigenvalue weighted by molar-refractivity contribution is 5.79. The lowest BCUT2D eigenvalue weighted by atomic mass is 10.1. The minimum Gasteiger partial charge on any atom is -0.334 e. The summed E-state index contributed by atoms with van der Waals surface area (Å²) < 4.78 is 0. The Kier molecular flexibility index (Phi) is 5.34. The lowest BCUT2D eigenvalue weighted by molar-refractivity contribution is -0.135. The predicted octanol–water partition coefficient (Wildman–Crippen LogP) is 1.16. The molecule has 3 saturated heterocycles. The molecular formula is C20H30N4O. The molecule has 0 spiro atoms. The molecule has 5 nitrogen and oxygen atoms in total. The topological polar surface area (TPSA) is 38.8 Å². The summed E-state index contributed by atoms with van der Waals surface area (Å²) in [6.07, 6.45) is 3.49. The molecule has 25 heavy (non-hydrogen) atoms. The highest BCUT2D eigenvalue weighted by Gasteiger charge is 2.38. The third-order valence-corrected chi connectivity index (χ3v) is 6.01. The van der Waals surface area contributed by atoms with Gasteiger partial charge in [-0.25, -0.2) is 0 Å². The summed E-state index contributed by atoms with van der Waals surface area (Å²) in [6, 6.07) is 11.6. The molecular weight excluding hydrogens is 312 g/mol. The molecule has 1 N–H and O–H groups in total. The lowest BCUT2D eigenvalue weighted by Gasteiger charge is -2.36. The Morgan fingerprint density at radius 2 is 1.68 bits per heavy atom. The first-order valence-corrected chi connectivity index (χ1v) is 9.80. The summed E-state index contributed by atoms with van der Waals surface area (Å²) in [7, 11) is 0. The fraction of sp³-hybridized carbons (Fsp3) is 0.650. The summed E-state index contributed by atoms with van der Waals surface area (Å²) in [5.74, 6) is 0.354. The molecule has 1 amide bonds. The zero-order chi connectivity index (χ0) is 17.1. The van der Waals surface area contributed by atoms with Gasteiger partial charge in [0.1, 0.15) is 0 Å². The molecule has 1 aromatic carbocycles. The molecule has 0 saturated carbocycles. The van der Waals surface area contributed by atoms with Gasteiger partial charge in [0, 0.05) is 51.4 Å². The van der Waals surface area contributed by atoms with E-state index < -0.39 is 0 Å². The second-order valence-electron chi connectivity index (χ2n) is 7.72. The van der Waals surface area contributed by atoms with Gasteiger partial charge in [0.15, 0.2) is 0 Å². The molecule has 3 aliphatic heterocycles. The maximum absolute atomic E-state index is 12.9. The molecule has 3 aliphatic rings. The highest BCUT2D eigenvalue weighted by Crippen LogP contribution is 2.28. The summed E-state index contributed by atoms with van der Waals surface area (Å²) >= 11 is 0. The highest BCUT2D eigenvalue weighted by atomic mass is 16.2. The summed E-state index contributed by atoms with van der Waals surface area (Å²) in [5, 5.41) is 3.48. The number of benzene rings is 1. The molecule has 2 unspecified atom stereocenters. The molecule has 5 heteroatoms. The second-order valence-corrected chi connectivity index (χ2v) is 7.72. The van der Waals surface area contributed by atoms with Crippen molar-refractivity contribution >= 4 is 5.91 Å². The normalized spacial score (nSPS) is 28.1. The smallest absolute Gasteiger partial charge is 0.237 e. The molecule has 3 heterocycles. The van der Waals surface area contributed by atoms with Crippen LogP contribution in [0.1, 0.15) is 24.8 Å². The van der Waals surface area contributed by atoms with E-state index in [1.807, 2.05) is 0 Å². The summed E-state index contributed by atoms with van der Waals surface area (Å²) in [4.78, 5) is 20.0. The Hall–Kier alpha value is -1.43. The number of carbonyl (C=O) groups is 1. The molecule has 136 valence electrons. The standard InChI is InChI=1S/C20H30N4O/c25-20(24-18-6-7-19(24)14-21-9-8-18)16-23-12-10-22(11-13-23)15-17-4-2-1-3-5-17/h1-5,18-19,21H,6-16H2. The van der Waals surface area contributed by atoms with Crippen LogP contribution in [0.25, 0.3) is 0 Å². The zero-order valence-electron chi connectivity index (χ0n) is 15.1. The number of nitrogens with zero attached hydrogens (tertiary/aromatic N) is 3. The van der Waals surface area contributed by atoms with Crippen molar-refractivity contribution in [1.29, 1.82) is 0 Å². The van der Waals surface area contributed by atoms with Crippen LogP contribution in [0, 0.1) is 0 Å². The minimum atomic E-state index is 0.354. The number of hydrogen-bond acceptors (Lipinski definition) is 4. The van der Waals surface area contributed by atoms with Gasteiger partial charge in [-0.1, -0.05) is 30.3 Å². The minimum absolute atomic E-state index is 0.354. The van der Waals surface area contributed by atoms with Gasteiger partial charge >= 0.3 is 0 Å². The van der Waals surface area contributed by atoms with Crippen molar-refractivity contribution in [3.8, 4) is 0 Å². The molecule has 3 fully saturated rings. The van der Waals surface area contributed by atoms with E-state index in [0.29, 0.717) is 24.5 Å². The van der Waals surface area contributed by atoms with E-state index in [1.165, 1.54) is 18.4 Å². The van der Waals surface area contributed by atoms with Crippen molar-refractivity contribution in [2.45, 2.75) is 37.9 Å². The number of piperazine rings is 1. The van der Waals surface area contributed by atoms with Gasteiger partial charge in [-0.2, -0.15) is 0 Å². The van der Waals surface area contributed by atoms with Crippen LogP contribution in [0.5, 0.6) is 0 Å². The van der Waals surface area contributed by atoms with Gasteiger partial charge in [0.2, 0.25) is 5.91 Å². The first-order chi connectivity index (χ1) is 12.3. The average Bonchev–Trinajstić information content (AvgIpc) is 2.90. The number of hydrogen-bond donors (Lipinski definition) is 1. The van der Waals surface area contributed by atoms with Crippen LogP contribution in [-0.2, 0) is 11.3 Å². The number of amides is 1. The number of rotatable bonds is 4. The molecule has 2 atom stereocenters. The van der Waals surface area contributed by atoms with Gasteiger partial charge < -0.3 is 10.2 Å². The first-order valence-electron chi connectivity index (χ1n) is 9.80. The van der Waals surface area contributed by atoms with E-state index in [4.69, 9.17) is 0 Å². The van der Waals surface area contributed by atoms with Crippen LogP contribution in [-0.4, -0.2) is 78.5 Å².